The van der Waals surface area contributed by atoms with E-state index in [-0.39, 0.29) is 12.5 Å². The lowest BCUT2D eigenvalue weighted by Crippen LogP contribution is -2.32. The first-order valence-electron chi connectivity index (χ1n) is 12.4. The molecule has 0 saturated heterocycles. The van der Waals surface area contributed by atoms with Crippen LogP contribution < -0.4 is 10.6 Å². The van der Waals surface area contributed by atoms with E-state index in [0.717, 1.165) is 13.0 Å². The van der Waals surface area contributed by atoms with Crippen LogP contribution in [0, 0.1) is 0 Å². The van der Waals surface area contributed by atoms with Gasteiger partial charge in [-0.3, -0.25) is 4.79 Å². The number of carbonyl (C=O) groups excluding carboxylic acids is 1. The molecule has 0 aromatic heterocycles. The number of aliphatic hydroxyl groups excluding tert-OH is 1. The molecule has 28 heavy (non-hydrogen) atoms. The monoisotopic (exact) mass is 398 g/mol. The van der Waals surface area contributed by atoms with Crippen molar-refractivity contribution in [2.24, 2.45) is 0 Å². The number of rotatable bonds is 23. The van der Waals surface area contributed by atoms with Crippen molar-refractivity contribution in [2.75, 3.05) is 26.2 Å². The van der Waals surface area contributed by atoms with E-state index in [9.17, 15) is 4.79 Å². The maximum atomic E-state index is 11.6. The summed E-state index contributed by atoms with van der Waals surface area (Å²) in [6.07, 6.45) is 23.9. The molecule has 1 amide bonds. The van der Waals surface area contributed by atoms with E-state index in [1.807, 2.05) is 0 Å². The SMILES string of the molecule is CCCCCCCCCCCCCCCCCCCC(=O)NCCNCCO. The maximum absolute atomic E-state index is 11.6. The molecule has 0 spiro atoms. The van der Waals surface area contributed by atoms with Crippen LogP contribution in [0.5, 0.6) is 0 Å². The third kappa shape index (κ3) is 23.4. The predicted octanol–water partition coefficient (Wildman–Crippen LogP) is 5.73. The minimum atomic E-state index is 0.146. The minimum Gasteiger partial charge on any atom is -0.395 e. The lowest BCUT2D eigenvalue weighted by molar-refractivity contribution is -0.121. The fraction of sp³-hybridized carbons (Fsp3) is 0.958. The molecule has 0 aliphatic rings. The first-order chi connectivity index (χ1) is 13.8. The molecule has 0 rings (SSSR count). The van der Waals surface area contributed by atoms with Gasteiger partial charge < -0.3 is 15.7 Å². The Kier molecular flexibility index (Phi) is 23.9. The molecule has 168 valence electrons. The molecule has 0 aromatic carbocycles. The number of aliphatic hydroxyl groups is 1. The van der Waals surface area contributed by atoms with E-state index < -0.39 is 0 Å². The molecule has 0 saturated carbocycles. The predicted molar refractivity (Wildman–Crippen MR) is 122 cm³/mol. The lowest BCUT2D eigenvalue weighted by Gasteiger charge is -2.06. The highest BCUT2D eigenvalue weighted by Gasteiger charge is 2.00. The quantitative estimate of drug-likeness (QED) is 0.193. The first-order valence-corrected chi connectivity index (χ1v) is 12.4. The second kappa shape index (κ2) is 24.4. The van der Waals surface area contributed by atoms with Crippen molar-refractivity contribution in [1.82, 2.24) is 10.6 Å². The highest BCUT2D eigenvalue weighted by molar-refractivity contribution is 5.75. The van der Waals surface area contributed by atoms with E-state index in [0.29, 0.717) is 19.5 Å². The average molecular weight is 399 g/mol. The van der Waals surface area contributed by atoms with Gasteiger partial charge in [-0.05, 0) is 6.42 Å². The summed E-state index contributed by atoms with van der Waals surface area (Å²) in [5.41, 5.74) is 0. The summed E-state index contributed by atoms with van der Waals surface area (Å²) in [6, 6.07) is 0. The zero-order valence-electron chi connectivity index (χ0n) is 18.9. The van der Waals surface area contributed by atoms with Crippen molar-refractivity contribution in [3.05, 3.63) is 0 Å². The molecule has 0 fully saturated rings. The van der Waals surface area contributed by atoms with Gasteiger partial charge in [-0.2, -0.15) is 0 Å². The van der Waals surface area contributed by atoms with Crippen LogP contribution in [0.2, 0.25) is 0 Å². The van der Waals surface area contributed by atoms with Crippen molar-refractivity contribution < 1.29 is 9.90 Å². The van der Waals surface area contributed by atoms with E-state index in [2.05, 4.69) is 17.6 Å². The fourth-order valence-electron chi connectivity index (χ4n) is 3.59. The first kappa shape index (κ1) is 27.4. The van der Waals surface area contributed by atoms with Gasteiger partial charge in [0.05, 0.1) is 6.61 Å². The average Bonchev–Trinajstić information content (AvgIpc) is 2.70. The number of nitrogens with one attached hydrogen (secondary N) is 2. The van der Waals surface area contributed by atoms with Crippen molar-refractivity contribution in [1.29, 1.82) is 0 Å². The molecule has 0 aliphatic heterocycles. The van der Waals surface area contributed by atoms with E-state index in [4.69, 9.17) is 5.11 Å². The Balaban J connectivity index is 3.09. The molecule has 3 N–H and O–H groups in total. The van der Waals surface area contributed by atoms with Crippen molar-refractivity contribution in [2.45, 2.75) is 122 Å². The normalized spacial score (nSPS) is 11.1. The number of carbonyl (C=O) groups is 1. The smallest absolute Gasteiger partial charge is 0.220 e. The number of amides is 1. The Bertz CT molecular complexity index is 311. The standard InChI is InChI=1S/C24H50N2O2/c1-2-3-4-5-6-7-8-9-10-11-12-13-14-15-16-17-18-19-24(28)26-21-20-25-22-23-27/h25,27H,2-23H2,1H3,(H,26,28). The number of hydrogen-bond acceptors (Lipinski definition) is 3. The second-order valence-corrected chi connectivity index (χ2v) is 8.23. The Morgan fingerprint density at radius 1 is 0.607 bits per heavy atom. The van der Waals surface area contributed by atoms with Gasteiger partial charge in [-0.1, -0.05) is 110 Å². The fourth-order valence-corrected chi connectivity index (χ4v) is 3.59. The second-order valence-electron chi connectivity index (χ2n) is 8.23. The van der Waals surface area contributed by atoms with Gasteiger partial charge in [0.1, 0.15) is 0 Å². The largest absolute Gasteiger partial charge is 0.395 e. The molecule has 0 aliphatic carbocycles. The molecule has 0 radical (unpaired) electrons. The molecule has 0 heterocycles. The molecule has 0 bridgehead atoms. The van der Waals surface area contributed by atoms with Crippen LogP contribution in [0.15, 0.2) is 0 Å². The summed E-state index contributed by atoms with van der Waals surface area (Å²) in [6.45, 7) is 4.40. The lowest BCUT2D eigenvalue weighted by atomic mass is 10.0. The third-order valence-corrected chi connectivity index (χ3v) is 5.42. The zero-order chi connectivity index (χ0) is 20.5. The van der Waals surface area contributed by atoms with Crippen LogP contribution in [-0.4, -0.2) is 37.3 Å². The van der Waals surface area contributed by atoms with Gasteiger partial charge in [0.15, 0.2) is 0 Å². The van der Waals surface area contributed by atoms with Crippen LogP contribution in [0.25, 0.3) is 0 Å². The Morgan fingerprint density at radius 2 is 1.04 bits per heavy atom. The van der Waals surface area contributed by atoms with Crippen LogP contribution in [0.4, 0.5) is 0 Å². The van der Waals surface area contributed by atoms with Crippen LogP contribution >= 0.6 is 0 Å². The summed E-state index contributed by atoms with van der Waals surface area (Å²) in [4.78, 5) is 11.6. The summed E-state index contributed by atoms with van der Waals surface area (Å²) in [7, 11) is 0. The highest BCUT2D eigenvalue weighted by atomic mass is 16.3. The number of hydrogen-bond donors (Lipinski definition) is 3. The van der Waals surface area contributed by atoms with Gasteiger partial charge in [0.25, 0.3) is 0 Å². The Morgan fingerprint density at radius 3 is 1.46 bits per heavy atom. The molecule has 0 unspecified atom stereocenters. The summed E-state index contributed by atoms with van der Waals surface area (Å²) in [5.74, 6) is 0.159. The highest BCUT2D eigenvalue weighted by Crippen LogP contribution is 2.14. The summed E-state index contributed by atoms with van der Waals surface area (Å²) < 4.78 is 0. The number of unbranched alkanes of at least 4 members (excludes halogenated alkanes) is 16. The topological polar surface area (TPSA) is 61.4 Å². The Labute approximate surface area is 175 Å². The zero-order valence-corrected chi connectivity index (χ0v) is 18.9. The van der Waals surface area contributed by atoms with Crippen molar-refractivity contribution in [3.63, 3.8) is 0 Å². The van der Waals surface area contributed by atoms with E-state index in [1.54, 1.807) is 0 Å². The van der Waals surface area contributed by atoms with Crippen LogP contribution in [0.3, 0.4) is 0 Å². The third-order valence-electron chi connectivity index (χ3n) is 5.42. The molecular formula is C24H50N2O2. The van der Waals surface area contributed by atoms with Gasteiger partial charge in [-0.25, -0.2) is 0 Å². The van der Waals surface area contributed by atoms with E-state index in [1.165, 1.54) is 103 Å². The molecule has 4 heteroatoms. The van der Waals surface area contributed by atoms with Crippen molar-refractivity contribution >= 4 is 5.91 Å². The van der Waals surface area contributed by atoms with E-state index >= 15 is 0 Å². The molecular weight excluding hydrogens is 348 g/mol. The summed E-state index contributed by atoms with van der Waals surface area (Å²) >= 11 is 0. The van der Waals surface area contributed by atoms with Crippen molar-refractivity contribution in [3.8, 4) is 0 Å². The van der Waals surface area contributed by atoms with Gasteiger partial charge in [0, 0.05) is 26.1 Å². The van der Waals surface area contributed by atoms with Crippen LogP contribution in [0.1, 0.15) is 122 Å². The summed E-state index contributed by atoms with van der Waals surface area (Å²) in [5, 5.41) is 14.6. The van der Waals surface area contributed by atoms with Gasteiger partial charge in [-0.15, -0.1) is 0 Å². The van der Waals surface area contributed by atoms with Crippen LogP contribution in [-0.2, 0) is 4.79 Å². The van der Waals surface area contributed by atoms with Gasteiger partial charge >= 0.3 is 0 Å². The van der Waals surface area contributed by atoms with Gasteiger partial charge in [0.2, 0.25) is 5.91 Å². The maximum Gasteiger partial charge on any atom is 0.220 e. The minimum absolute atomic E-state index is 0.146. The molecule has 0 atom stereocenters. The Hall–Kier alpha value is -0.610. The molecule has 0 aromatic rings. The molecule has 4 nitrogen and oxygen atoms in total.